The van der Waals surface area contributed by atoms with E-state index in [0.717, 1.165) is 44.3 Å². The zero-order chi connectivity index (χ0) is 17.0. The zero-order valence-electron chi connectivity index (χ0n) is 15.2. The van der Waals surface area contributed by atoms with Crippen LogP contribution in [-0.4, -0.2) is 25.1 Å². The molecular formula is C20H31ClN2O2. The first-order valence-electron chi connectivity index (χ1n) is 9.30. The fraction of sp³-hybridized carbons (Fsp3) is 0.650. The Bertz CT molecular complexity index is 562. The second-order valence-electron chi connectivity index (χ2n) is 7.62. The molecule has 1 aromatic rings. The fourth-order valence-corrected chi connectivity index (χ4v) is 4.40. The van der Waals surface area contributed by atoms with Crippen LogP contribution < -0.4 is 15.8 Å². The van der Waals surface area contributed by atoms with Crippen molar-refractivity contribution >= 4 is 18.3 Å². The van der Waals surface area contributed by atoms with Crippen LogP contribution in [0.5, 0.6) is 5.75 Å². The molecule has 0 aliphatic heterocycles. The lowest BCUT2D eigenvalue weighted by Gasteiger charge is -2.39. The Balaban J connectivity index is 0.00000225. The third-order valence-electron chi connectivity index (χ3n) is 6.05. The maximum Gasteiger partial charge on any atom is 0.240 e. The number of benzene rings is 1. The predicted octanol–water partition coefficient (Wildman–Crippen LogP) is 3.71. The molecule has 0 spiro atoms. The molecule has 0 saturated heterocycles. The van der Waals surface area contributed by atoms with Crippen molar-refractivity contribution in [1.29, 1.82) is 0 Å². The SMILES string of the molecule is COc1ccc(C2(CNC(=O)C3(N)CCCC3)CCCCC2)cc1.Cl. The maximum atomic E-state index is 12.6. The van der Waals surface area contributed by atoms with Crippen molar-refractivity contribution in [3.05, 3.63) is 29.8 Å². The van der Waals surface area contributed by atoms with Crippen LogP contribution in [0.25, 0.3) is 0 Å². The van der Waals surface area contributed by atoms with Gasteiger partial charge >= 0.3 is 0 Å². The van der Waals surface area contributed by atoms with Crippen molar-refractivity contribution in [2.45, 2.75) is 68.7 Å². The fourth-order valence-electron chi connectivity index (χ4n) is 4.40. The molecule has 5 heteroatoms. The summed E-state index contributed by atoms with van der Waals surface area (Å²) in [5, 5.41) is 3.21. The Morgan fingerprint density at radius 1 is 1.04 bits per heavy atom. The van der Waals surface area contributed by atoms with Crippen LogP contribution in [0.4, 0.5) is 0 Å². The molecule has 140 valence electrons. The average Bonchev–Trinajstić information content (AvgIpc) is 3.08. The summed E-state index contributed by atoms with van der Waals surface area (Å²) >= 11 is 0. The number of amides is 1. The lowest BCUT2D eigenvalue weighted by molar-refractivity contribution is -0.126. The quantitative estimate of drug-likeness (QED) is 0.834. The van der Waals surface area contributed by atoms with Crippen LogP contribution in [0, 0.1) is 0 Å². The van der Waals surface area contributed by atoms with E-state index in [9.17, 15) is 4.79 Å². The number of rotatable bonds is 5. The zero-order valence-corrected chi connectivity index (χ0v) is 16.0. The summed E-state index contributed by atoms with van der Waals surface area (Å²) in [4.78, 5) is 12.6. The Hall–Kier alpha value is -1.26. The van der Waals surface area contributed by atoms with Gasteiger partial charge in [0, 0.05) is 12.0 Å². The molecule has 0 aromatic heterocycles. The van der Waals surface area contributed by atoms with Crippen molar-refractivity contribution in [3.63, 3.8) is 0 Å². The minimum Gasteiger partial charge on any atom is -0.497 e. The smallest absolute Gasteiger partial charge is 0.240 e. The second-order valence-corrected chi connectivity index (χ2v) is 7.62. The van der Waals surface area contributed by atoms with Crippen LogP contribution in [0.3, 0.4) is 0 Å². The predicted molar refractivity (Wildman–Crippen MR) is 103 cm³/mol. The summed E-state index contributed by atoms with van der Waals surface area (Å²) in [6, 6.07) is 8.36. The third-order valence-corrected chi connectivity index (χ3v) is 6.05. The van der Waals surface area contributed by atoms with Crippen LogP contribution in [0.1, 0.15) is 63.4 Å². The first-order chi connectivity index (χ1) is 11.6. The number of hydrogen-bond donors (Lipinski definition) is 2. The molecule has 2 aliphatic rings. The summed E-state index contributed by atoms with van der Waals surface area (Å²) in [5.74, 6) is 0.916. The standard InChI is InChI=1S/C20H30N2O2.ClH/c1-24-17-9-7-16(8-10-17)19(11-3-2-4-12-19)15-22-18(23)20(21)13-5-6-14-20;/h7-10H,2-6,11-15,21H2,1H3,(H,22,23);1H. The molecule has 0 radical (unpaired) electrons. The lowest BCUT2D eigenvalue weighted by atomic mass is 9.69. The van der Waals surface area contributed by atoms with E-state index in [2.05, 4.69) is 17.4 Å². The van der Waals surface area contributed by atoms with Crippen molar-refractivity contribution in [2.24, 2.45) is 5.73 Å². The molecule has 0 bridgehead atoms. The average molecular weight is 367 g/mol. The number of ether oxygens (including phenoxy) is 1. The van der Waals surface area contributed by atoms with E-state index < -0.39 is 5.54 Å². The van der Waals surface area contributed by atoms with E-state index in [4.69, 9.17) is 10.5 Å². The topological polar surface area (TPSA) is 64.3 Å². The number of hydrogen-bond acceptors (Lipinski definition) is 3. The molecule has 1 aromatic carbocycles. The Morgan fingerprint density at radius 2 is 1.60 bits per heavy atom. The highest BCUT2D eigenvalue weighted by Crippen LogP contribution is 2.40. The van der Waals surface area contributed by atoms with Gasteiger partial charge in [0.15, 0.2) is 0 Å². The van der Waals surface area contributed by atoms with Crippen molar-refractivity contribution in [1.82, 2.24) is 5.32 Å². The minimum atomic E-state index is -0.643. The second kappa shape index (κ2) is 8.41. The minimum absolute atomic E-state index is 0. The molecule has 1 amide bonds. The Kier molecular flexibility index (Phi) is 6.75. The van der Waals surface area contributed by atoms with Crippen molar-refractivity contribution < 1.29 is 9.53 Å². The molecule has 2 aliphatic carbocycles. The van der Waals surface area contributed by atoms with Crippen LogP contribution in [0.15, 0.2) is 24.3 Å². The normalized spacial score (nSPS) is 21.2. The first-order valence-corrected chi connectivity index (χ1v) is 9.30. The van der Waals surface area contributed by atoms with Crippen LogP contribution in [0.2, 0.25) is 0 Å². The first kappa shape index (κ1) is 20.1. The molecule has 2 fully saturated rings. The van der Waals surface area contributed by atoms with Crippen LogP contribution in [-0.2, 0) is 10.2 Å². The number of carbonyl (C=O) groups excluding carboxylic acids is 1. The van der Waals surface area contributed by atoms with Gasteiger partial charge in [-0.1, -0.05) is 44.2 Å². The third kappa shape index (κ3) is 4.29. The van der Waals surface area contributed by atoms with E-state index >= 15 is 0 Å². The van der Waals surface area contributed by atoms with E-state index in [1.54, 1.807) is 7.11 Å². The van der Waals surface area contributed by atoms with Gasteiger partial charge in [0.05, 0.1) is 12.6 Å². The molecule has 25 heavy (non-hydrogen) atoms. The number of nitrogens with two attached hydrogens (primary N) is 1. The Morgan fingerprint density at radius 3 is 2.16 bits per heavy atom. The van der Waals surface area contributed by atoms with Crippen molar-refractivity contribution in [2.75, 3.05) is 13.7 Å². The number of methoxy groups -OCH3 is 1. The van der Waals surface area contributed by atoms with Gasteiger partial charge in [0.2, 0.25) is 5.91 Å². The molecule has 0 heterocycles. The molecule has 3 N–H and O–H groups in total. The van der Waals surface area contributed by atoms with Gasteiger partial charge in [-0.2, -0.15) is 0 Å². The highest BCUT2D eigenvalue weighted by Gasteiger charge is 2.39. The molecule has 4 nitrogen and oxygen atoms in total. The highest BCUT2D eigenvalue weighted by molar-refractivity contribution is 5.86. The molecular weight excluding hydrogens is 336 g/mol. The molecule has 3 rings (SSSR count). The van der Waals surface area contributed by atoms with Gasteiger partial charge in [-0.05, 0) is 43.4 Å². The van der Waals surface area contributed by atoms with Gasteiger partial charge in [-0.15, -0.1) is 12.4 Å². The number of halogens is 1. The van der Waals surface area contributed by atoms with E-state index in [1.165, 1.54) is 24.8 Å². The summed E-state index contributed by atoms with van der Waals surface area (Å²) < 4.78 is 5.28. The van der Waals surface area contributed by atoms with Gasteiger partial charge in [-0.3, -0.25) is 4.79 Å². The van der Waals surface area contributed by atoms with E-state index in [1.807, 2.05) is 12.1 Å². The maximum absolute atomic E-state index is 12.6. The van der Waals surface area contributed by atoms with Gasteiger partial charge in [-0.25, -0.2) is 0 Å². The Labute approximate surface area is 157 Å². The van der Waals surface area contributed by atoms with Crippen molar-refractivity contribution in [3.8, 4) is 5.75 Å². The number of nitrogens with one attached hydrogen (secondary N) is 1. The lowest BCUT2D eigenvalue weighted by Crippen LogP contribution is -2.54. The number of carbonyl (C=O) groups is 1. The van der Waals surface area contributed by atoms with Gasteiger partial charge in [0.25, 0.3) is 0 Å². The summed E-state index contributed by atoms with van der Waals surface area (Å²) in [5.41, 5.74) is 7.01. The van der Waals surface area contributed by atoms with Crippen LogP contribution >= 0.6 is 12.4 Å². The summed E-state index contributed by atoms with van der Waals surface area (Å²) in [6.45, 7) is 0.692. The molecule has 0 atom stereocenters. The summed E-state index contributed by atoms with van der Waals surface area (Å²) in [6.07, 6.45) is 9.72. The van der Waals surface area contributed by atoms with E-state index in [-0.39, 0.29) is 23.7 Å². The highest BCUT2D eigenvalue weighted by atomic mass is 35.5. The molecule has 0 unspecified atom stereocenters. The summed E-state index contributed by atoms with van der Waals surface area (Å²) in [7, 11) is 1.69. The monoisotopic (exact) mass is 366 g/mol. The van der Waals surface area contributed by atoms with Gasteiger partial charge in [0.1, 0.15) is 5.75 Å². The van der Waals surface area contributed by atoms with E-state index in [0.29, 0.717) is 6.54 Å². The molecule has 2 saturated carbocycles. The largest absolute Gasteiger partial charge is 0.497 e. The van der Waals surface area contributed by atoms with Gasteiger partial charge < -0.3 is 15.8 Å².